The monoisotopic (exact) mass is 309 g/mol. The van der Waals surface area contributed by atoms with Gasteiger partial charge in [-0.1, -0.05) is 29.8 Å². The number of aromatic nitrogens is 1. The van der Waals surface area contributed by atoms with E-state index >= 15 is 0 Å². The van der Waals surface area contributed by atoms with Crippen molar-refractivity contribution in [3.05, 3.63) is 59.4 Å². The number of nitrogens with one attached hydrogen (secondary N) is 1. The molecule has 120 valence electrons. The van der Waals surface area contributed by atoms with Gasteiger partial charge in [-0.2, -0.15) is 0 Å². The summed E-state index contributed by atoms with van der Waals surface area (Å²) in [6.07, 6.45) is 6.85. The van der Waals surface area contributed by atoms with Crippen molar-refractivity contribution in [3.8, 4) is 0 Å². The third kappa shape index (κ3) is 4.09. The van der Waals surface area contributed by atoms with Crippen LogP contribution in [-0.2, 0) is 6.54 Å². The SMILES string of the molecule is Cc1cccc(CNc2cncc(C(=O)N3CCCCC3)c2)c1. The normalized spacial score (nSPS) is 14.6. The van der Waals surface area contributed by atoms with Gasteiger partial charge in [-0.15, -0.1) is 0 Å². The number of carbonyl (C=O) groups is 1. The number of anilines is 1. The first-order valence-electron chi connectivity index (χ1n) is 8.26. The molecule has 0 atom stereocenters. The van der Waals surface area contributed by atoms with Gasteiger partial charge in [-0.3, -0.25) is 9.78 Å². The maximum Gasteiger partial charge on any atom is 0.255 e. The van der Waals surface area contributed by atoms with Crippen LogP contribution < -0.4 is 5.32 Å². The summed E-state index contributed by atoms with van der Waals surface area (Å²) in [5, 5.41) is 3.35. The number of aryl methyl sites for hydroxylation is 1. The molecule has 0 bridgehead atoms. The van der Waals surface area contributed by atoms with Crippen LogP contribution in [0, 0.1) is 6.92 Å². The highest BCUT2D eigenvalue weighted by Crippen LogP contribution is 2.16. The van der Waals surface area contributed by atoms with Crippen molar-refractivity contribution in [2.75, 3.05) is 18.4 Å². The number of piperidine rings is 1. The fourth-order valence-corrected chi connectivity index (χ4v) is 2.96. The highest BCUT2D eigenvalue weighted by Gasteiger charge is 2.18. The van der Waals surface area contributed by atoms with Gasteiger partial charge in [-0.05, 0) is 37.8 Å². The molecule has 0 aliphatic carbocycles. The third-order valence-electron chi connectivity index (χ3n) is 4.21. The van der Waals surface area contributed by atoms with Crippen molar-refractivity contribution in [2.45, 2.75) is 32.7 Å². The van der Waals surface area contributed by atoms with E-state index in [0.29, 0.717) is 5.56 Å². The summed E-state index contributed by atoms with van der Waals surface area (Å²) in [5.41, 5.74) is 4.02. The second-order valence-corrected chi connectivity index (χ2v) is 6.16. The molecule has 2 aromatic rings. The molecule has 4 heteroatoms. The van der Waals surface area contributed by atoms with Crippen LogP contribution in [0.2, 0.25) is 0 Å². The molecule has 1 N–H and O–H groups in total. The molecule has 0 spiro atoms. The van der Waals surface area contributed by atoms with Crippen LogP contribution in [0.5, 0.6) is 0 Å². The highest BCUT2D eigenvalue weighted by atomic mass is 16.2. The van der Waals surface area contributed by atoms with Crippen LogP contribution in [-0.4, -0.2) is 28.9 Å². The predicted octanol–water partition coefficient (Wildman–Crippen LogP) is 3.63. The van der Waals surface area contributed by atoms with Gasteiger partial charge in [-0.25, -0.2) is 0 Å². The Bertz CT molecular complexity index is 678. The number of nitrogens with zero attached hydrogens (tertiary/aromatic N) is 2. The van der Waals surface area contributed by atoms with E-state index in [2.05, 4.69) is 41.5 Å². The molecule has 3 rings (SSSR count). The zero-order valence-electron chi connectivity index (χ0n) is 13.6. The van der Waals surface area contributed by atoms with E-state index in [1.54, 1.807) is 12.4 Å². The quantitative estimate of drug-likeness (QED) is 0.938. The van der Waals surface area contributed by atoms with Crippen LogP contribution in [0.3, 0.4) is 0 Å². The summed E-state index contributed by atoms with van der Waals surface area (Å²) in [6.45, 7) is 4.53. The first-order chi connectivity index (χ1) is 11.2. The van der Waals surface area contributed by atoms with E-state index in [1.807, 2.05) is 11.0 Å². The lowest BCUT2D eigenvalue weighted by Crippen LogP contribution is -2.35. The van der Waals surface area contributed by atoms with Crippen molar-refractivity contribution >= 4 is 11.6 Å². The highest BCUT2D eigenvalue weighted by molar-refractivity contribution is 5.94. The number of rotatable bonds is 4. The molecule has 4 nitrogen and oxygen atoms in total. The number of amides is 1. The van der Waals surface area contributed by atoms with Crippen molar-refractivity contribution in [1.29, 1.82) is 0 Å². The Kier molecular flexibility index (Phi) is 4.91. The van der Waals surface area contributed by atoms with Crippen LogP contribution >= 0.6 is 0 Å². The van der Waals surface area contributed by atoms with Gasteiger partial charge in [0.25, 0.3) is 5.91 Å². The number of carbonyl (C=O) groups excluding carboxylic acids is 1. The number of hydrogen-bond acceptors (Lipinski definition) is 3. The van der Waals surface area contributed by atoms with Crippen LogP contribution in [0.15, 0.2) is 42.7 Å². The molecule has 2 heterocycles. The minimum absolute atomic E-state index is 0.0939. The third-order valence-corrected chi connectivity index (χ3v) is 4.21. The lowest BCUT2D eigenvalue weighted by molar-refractivity contribution is 0.0724. The summed E-state index contributed by atoms with van der Waals surface area (Å²) in [7, 11) is 0. The number of likely N-dealkylation sites (tertiary alicyclic amines) is 1. The lowest BCUT2D eigenvalue weighted by atomic mass is 10.1. The Hall–Kier alpha value is -2.36. The summed E-state index contributed by atoms with van der Waals surface area (Å²) >= 11 is 0. The predicted molar refractivity (Wildman–Crippen MR) is 92.5 cm³/mol. The van der Waals surface area contributed by atoms with E-state index in [0.717, 1.165) is 38.2 Å². The Morgan fingerprint density at radius 3 is 2.78 bits per heavy atom. The topological polar surface area (TPSA) is 45.2 Å². The molecule has 1 aromatic heterocycles. The molecule has 23 heavy (non-hydrogen) atoms. The van der Waals surface area contributed by atoms with Gasteiger partial charge in [0.2, 0.25) is 0 Å². The second-order valence-electron chi connectivity index (χ2n) is 6.16. The van der Waals surface area contributed by atoms with Crippen LogP contribution in [0.1, 0.15) is 40.7 Å². The van der Waals surface area contributed by atoms with Gasteiger partial charge < -0.3 is 10.2 Å². The number of hydrogen-bond donors (Lipinski definition) is 1. The van der Waals surface area contributed by atoms with Crippen molar-refractivity contribution in [1.82, 2.24) is 9.88 Å². The van der Waals surface area contributed by atoms with Crippen molar-refractivity contribution in [2.24, 2.45) is 0 Å². The van der Waals surface area contributed by atoms with E-state index in [4.69, 9.17) is 0 Å². The molecule has 1 fully saturated rings. The molecule has 0 unspecified atom stereocenters. The largest absolute Gasteiger partial charge is 0.380 e. The van der Waals surface area contributed by atoms with Crippen molar-refractivity contribution in [3.63, 3.8) is 0 Å². The summed E-state index contributed by atoms with van der Waals surface area (Å²) in [4.78, 5) is 18.7. The van der Waals surface area contributed by atoms with E-state index in [-0.39, 0.29) is 5.91 Å². The molecule has 0 radical (unpaired) electrons. The van der Waals surface area contributed by atoms with E-state index in [1.165, 1.54) is 17.5 Å². The molecule has 1 aliphatic rings. The zero-order chi connectivity index (χ0) is 16.1. The average molecular weight is 309 g/mol. The molecular formula is C19H23N3O. The molecule has 1 amide bonds. The molecule has 1 aliphatic heterocycles. The molecular weight excluding hydrogens is 286 g/mol. The summed E-state index contributed by atoms with van der Waals surface area (Å²) in [5.74, 6) is 0.0939. The molecule has 0 saturated carbocycles. The summed E-state index contributed by atoms with van der Waals surface area (Å²) < 4.78 is 0. The minimum Gasteiger partial charge on any atom is -0.380 e. The zero-order valence-corrected chi connectivity index (χ0v) is 13.6. The second kappa shape index (κ2) is 7.27. The average Bonchev–Trinajstić information content (AvgIpc) is 2.60. The van der Waals surface area contributed by atoms with Crippen LogP contribution in [0.4, 0.5) is 5.69 Å². The van der Waals surface area contributed by atoms with E-state index in [9.17, 15) is 4.79 Å². The summed E-state index contributed by atoms with van der Waals surface area (Å²) in [6, 6.07) is 10.3. The van der Waals surface area contributed by atoms with Gasteiger partial charge in [0.05, 0.1) is 11.3 Å². The van der Waals surface area contributed by atoms with Gasteiger partial charge >= 0.3 is 0 Å². The fourth-order valence-electron chi connectivity index (χ4n) is 2.96. The van der Waals surface area contributed by atoms with Gasteiger partial charge in [0.15, 0.2) is 0 Å². The minimum atomic E-state index is 0.0939. The lowest BCUT2D eigenvalue weighted by Gasteiger charge is -2.26. The van der Waals surface area contributed by atoms with Crippen molar-refractivity contribution < 1.29 is 4.79 Å². The first kappa shape index (κ1) is 15.5. The smallest absolute Gasteiger partial charge is 0.255 e. The molecule has 1 saturated heterocycles. The maximum atomic E-state index is 12.5. The maximum absolute atomic E-state index is 12.5. The Morgan fingerprint density at radius 1 is 1.17 bits per heavy atom. The van der Waals surface area contributed by atoms with Gasteiger partial charge in [0.1, 0.15) is 0 Å². The Morgan fingerprint density at radius 2 is 2.00 bits per heavy atom. The molecule has 1 aromatic carbocycles. The standard InChI is InChI=1S/C19H23N3O/c1-15-6-5-7-16(10-15)12-21-18-11-17(13-20-14-18)19(23)22-8-3-2-4-9-22/h5-7,10-11,13-14,21H,2-4,8-9,12H2,1H3. The first-order valence-corrected chi connectivity index (χ1v) is 8.26. The number of benzene rings is 1. The van der Waals surface area contributed by atoms with Gasteiger partial charge in [0, 0.05) is 32.0 Å². The Labute approximate surface area is 137 Å². The van der Waals surface area contributed by atoms with E-state index < -0.39 is 0 Å². The van der Waals surface area contributed by atoms with Crippen LogP contribution in [0.25, 0.3) is 0 Å². The fraction of sp³-hybridized carbons (Fsp3) is 0.368. The Balaban J connectivity index is 1.66. The number of pyridine rings is 1.